The van der Waals surface area contributed by atoms with Crippen LogP contribution in [0.4, 0.5) is 0 Å². The van der Waals surface area contributed by atoms with Gasteiger partial charge < -0.3 is 14.1 Å². The van der Waals surface area contributed by atoms with E-state index in [0.717, 1.165) is 34.9 Å². The fourth-order valence-electron chi connectivity index (χ4n) is 2.35. The number of aromatic nitrogens is 2. The van der Waals surface area contributed by atoms with Gasteiger partial charge in [-0.15, -0.1) is 0 Å². The van der Waals surface area contributed by atoms with E-state index in [2.05, 4.69) is 4.98 Å². The molecule has 0 saturated carbocycles. The lowest BCUT2D eigenvalue weighted by Gasteiger charge is -2.11. The Kier molecular flexibility index (Phi) is 3.57. The number of hydrogen-bond donors (Lipinski definition) is 1. The molecule has 2 aromatic rings. The summed E-state index contributed by atoms with van der Waals surface area (Å²) in [7, 11) is 1.97. The third kappa shape index (κ3) is 2.34. The fourth-order valence-corrected chi connectivity index (χ4v) is 2.35. The molecule has 0 spiro atoms. The highest BCUT2D eigenvalue weighted by molar-refractivity contribution is 5.33. The Bertz CT molecular complexity index is 540. The van der Waals surface area contributed by atoms with E-state index in [1.54, 1.807) is 6.20 Å². The third-order valence-corrected chi connectivity index (χ3v) is 3.51. The summed E-state index contributed by atoms with van der Waals surface area (Å²) < 4.78 is 7.53. The maximum absolute atomic E-state index is 10.3. The monoisotopic (exact) mass is 248 g/mol. The van der Waals surface area contributed by atoms with Gasteiger partial charge in [0.15, 0.2) is 0 Å². The second kappa shape index (κ2) is 4.98. The number of aryl methyl sites for hydroxylation is 4. The minimum atomic E-state index is -0.487. The number of nitrogens with zero attached hydrogens (tertiary/aromatic N) is 2. The summed E-state index contributed by atoms with van der Waals surface area (Å²) in [5, 5.41) is 10.3. The van der Waals surface area contributed by atoms with Crippen LogP contribution in [0.2, 0.25) is 0 Å². The van der Waals surface area contributed by atoms with Gasteiger partial charge in [0.25, 0.3) is 0 Å². The lowest BCUT2D eigenvalue weighted by atomic mass is 10.0. The summed E-state index contributed by atoms with van der Waals surface area (Å²) in [6, 6.07) is 0. The molecule has 0 bridgehead atoms. The number of hydrogen-bond acceptors (Lipinski definition) is 3. The highest BCUT2D eigenvalue weighted by Crippen LogP contribution is 2.29. The molecule has 4 heteroatoms. The first-order valence-corrected chi connectivity index (χ1v) is 6.21. The first kappa shape index (κ1) is 12.9. The van der Waals surface area contributed by atoms with Crippen LogP contribution in [0.1, 0.15) is 41.0 Å². The molecular weight excluding hydrogens is 228 g/mol. The zero-order valence-electron chi connectivity index (χ0n) is 11.4. The molecule has 2 rings (SSSR count). The molecule has 2 aromatic heterocycles. The molecule has 1 atom stereocenters. The molecule has 0 amide bonds. The minimum absolute atomic E-state index is 0.487. The van der Waals surface area contributed by atoms with E-state index in [9.17, 15) is 5.11 Å². The highest BCUT2D eigenvalue weighted by atomic mass is 16.3. The number of imidazole rings is 1. The Morgan fingerprint density at radius 2 is 2.06 bits per heavy atom. The lowest BCUT2D eigenvalue weighted by Crippen LogP contribution is -2.05. The lowest BCUT2D eigenvalue weighted by molar-refractivity contribution is 0.164. The molecule has 0 radical (unpaired) electrons. The molecule has 0 saturated heterocycles. The Labute approximate surface area is 107 Å². The van der Waals surface area contributed by atoms with Gasteiger partial charge in [0.05, 0.1) is 6.10 Å². The van der Waals surface area contributed by atoms with Gasteiger partial charge in [0.1, 0.15) is 17.3 Å². The summed E-state index contributed by atoms with van der Waals surface area (Å²) >= 11 is 0. The summed E-state index contributed by atoms with van der Waals surface area (Å²) in [5.41, 5.74) is 1.99. The van der Waals surface area contributed by atoms with Gasteiger partial charge in [-0.05, 0) is 32.8 Å². The summed E-state index contributed by atoms with van der Waals surface area (Å²) in [6.07, 6.45) is 4.62. The van der Waals surface area contributed by atoms with Crippen molar-refractivity contribution in [3.8, 4) is 0 Å². The van der Waals surface area contributed by atoms with Crippen LogP contribution < -0.4 is 0 Å². The van der Waals surface area contributed by atoms with Crippen molar-refractivity contribution in [1.82, 2.24) is 9.55 Å². The van der Waals surface area contributed by atoms with Crippen molar-refractivity contribution in [3.05, 3.63) is 40.9 Å². The predicted octanol–water partition coefficient (Wildman–Crippen LogP) is 2.60. The van der Waals surface area contributed by atoms with Gasteiger partial charge in [0, 0.05) is 31.4 Å². The Morgan fingerprint density at radius 1 is 1.33 bits per heavy atom. The number of aliphatic hydroxyl groups excluding tert-OH is 1. The average Bonchev–Trinajstić information content (AvgIpc) is 2.81. The summed E-state index contributed by atoms with van der Waals surface area (Å²) in [6.45, 7) is 5.82. The van der Waals surface area contributed by atoms with Crippen LogP contribution in [0, 0.1) is 20.8 Å². The second-order valence-corrected chi connectivity index (χ2v) is 4.76. The van der Waals surface area contributed by atoms with Crippen LogP contribution in [0.3, 0.4) is 0 Å². The topological polar surface area (TPSA) is 51.2 Å². The van der Waals surface area contributed by atoms with Gasteiger partial charge in [-0.2, -0.15) is 0 Å². The number of rotatable bonds is 4. The van der Waals surface area contributed by atoms with Crippen molar-refractivity contribution < 1.29 is 9.52 Å². The van der Waals surface area contributed by atoms with E-state index in [-0.39, 0.29) is 0 Å². The number of furan rings is 1. The molecule has 1 N–H and O–H groups in total. The number of aliphatic hydroxyl groups is 1. The van der Waals surface area contributed by atoms with Crippen molar-refractivity contribution in [1.29, 1.82) is 0 Å². The molecule has 0 aliphatic heterocycles. The van der Waals surface area contributed by atoms with Crippen LogP contribution in [-0.4, -0.2) is 14.7 Å². The van der Waals surface area contributed by atoms with Crippen molar-refractivity contribution in [2.45, 2.75) is 39.7 Å². The first-order valence-electron chi connectivity index (χ1n) is 6.21. The van der Waals surface area contributed by atoms with Crippen molar-refractivity contribution in [3.63, 3.8) is 0 Å². The van der Waals surface area contributed by atoms with Crippen LogP contribution in [0.25, 0.3) is 0 Å². The molecule has 1 unspecified atom stereocenters. The Morgan fingerprint density at radius 3 is 2.56 bits per heavy atom. The van der Waals surface area contributed by atoms with Gasteiger partial charge in [-0.1, -0.05) is 0 Å². The molecule has 4 nitrogen and oxygen atoms in total. The van der Waals surface area contributed by atoms with E-state index in [4.69, 9.17) is 4.42 Å². The van der Waals surface area contributed by atoms with Gasteiger partial charge in [0.2, 0.25) is 0 Å². The van der Waals surface area contributed by atoms with Crippen LogP contribution in [0.5, 0.6) is 0 Å². The van der Waals surface area contributed by atoms with Gasteiger partial charge >= 0.3 is 0 Å². The molecule has 18 heavy (non-hydrogen) atoms. The van der Waals surface area contributed by atoms with Gasteiger partial charge in [-0.25, -0.2) is 4.98 Å². The summed E-state index contributed by atoms with van der Waals surface area (Å²) in [4.78, 5) is 4.26. The quantitative estimate of drug-likeness (QED) is 0.904. The van der Waals surface area contributed by atoms with E-state index in [1.807, 2.05) is 38.6 Å². The highest BCUT2D eigenvalue weighted by Gasteiger charge is 2.19. The molecule has 0 aliphatic carbocycles. The smallest absolute Gasteiger partial charge is 0.108 e. The normalized spacial score (nSPS) is 12.9. The minimum Gasteiger partial charge on any atom is -0.466 e. The van der Waals surface area contributed by atoms with Crippen LogP contribution in [0.15, 0.2) is 16.8 Å². The van der Waals surface area contributed by atoms with Crippen molar-refractivity contribution in [2.75, 3.05) is 0 Å². The zero-order valence-corrected chi connectivity index (χ0v) is 11.4. The van der Waals surface area contributed by atoms with Crippen molar-refractivity contribution in [2.24, 2.45) is 7.05 Å². The van der Waals surface area contributed by atoms with Crippen LogP contribution in [-0.2, 0) is 13.5 Å². The van der Waals surface area contributed by atoms with E-state index in [0.29, 0.717) is 6.42 Å². The molecule has 2 heterocycles. The van der Waals surface area contributed by atoms with E-state index >= 15 is 0 Å². The fraction of sp³-hybridized carbons (Fsp3) is 0.500. The molecule has 0 fully saturated rings. The van der Waals surface area contributed by atoms with E-state index in [1.165, 1.54) is 0 Å². The second-order valence-electron chi connectivity index (χ2n) is 4.76. The van der Waals surface area contributed by atoms with Gasteiger partial charge in [-0.3, -0.25) is 0 Å². The third-order valence-electron chi connectivity index (χ3n) is 3.51. The maximum atomic E-state index is 10.3. The standard InChI is InChI=1S/C14H20N2O2/c1-9-10(2)18-11(3)14(9)12(17)5-6-13-15-7-8-16(13)4/h7-8,12,17H,5-6H2,1-4H3. The summed E-state index contributed by atoms with van der Waals surface area (Å²) in [5.74, 6) is 2.69. The van der Waals surface area contributed by atoms with Crippen LogP contribution >= 0.6 is 0 Å². The SMILES string of the molecule is Cc1oc(C)c(C(O)CCc2nccn2C)c1C. The average molecular weight is 248 g/mol. The molecule has 98 valence electrons. The Balaban J connectivity index is 2.08. The zero-order chi connectivity index (χ0) is 13.3. The Hall–Kier alpha value is -1.55. The molecule has 0 aromatic carbocycles. The largest absolute Gasteiger partial charge is 0.466 e. The predicted molar refractivity (Wildman–Crippen MR) is 69.4 cm³/mol. The first-order chi connectivity index (χ1) is 8.50. The van der Waals surface area contributed by atoms with E-state index < -0.39 is 6.10 Å². The maximum Gasteiger partial charge on any atom is 0.108 e. The molecular formula is C14H20N2O2. The van der Waals surface area contributed by atoms with Crippen molar-refractivity contribution >= 4 is 0 Å². The molecule has 0 aliphatic rings.